The van der Waals surface area contributed by atoms with Crippen molar-refractivity contribution in [2.75, 3.05) is 0 Å². The molecule has 32 valence electrons. The fourth-order valence-electron chi connectivity index (χ4n) is 0.0351. The molecule has 0 fully saturated rings. The van der Waals surface area contributed by atoms with E-state index in [9.17, 15) is 0 Å². The van der Waals surface area contributed by atoms with Crippen LogP contribution in [-0.4, -0.2) is 20.6 Å². The van der Waals surface area contributed by atoms with Gasteiger partial charge in [0, 0.05) is 0 Å². The van der Waals surface area contributed by atoms with Crippen molar-refractivity contribution in [3.63, 3.8) is 0 Å². The fourth-order valence-corrected chi connectivity index (χ4v) is 0.105. The molecule has 0 unspecified atom stereocenters. The number of nitrogens with zero attached hydrogens (tertiary/aromatic N) is 1. The first kappa shape index (κ1) is 5.53. The van der Waals surface area contributed by atoms with E-state index in [0.29, 0.717) is 0 Å². The quantitative estimate of drug-likeness (QED) is 0.261. The first-order chi connectivity index (χ1) is 2.77. The minimum atomic E-state index is -1.70. The van der Waals surface area contributed by atoms with Gasteiger partial charge in [0.15, 0.2) is 0 Å². The van der Waals surface area contributed by atoms with E-state index in [2.05, 4.69) is 3.89 Å². The van der Waals surface area contributed by atoms with Crippen LogP contribution in [0.5, 0.6) is 0 Å². The zero-order valence-corrected chi connectivity index (χ0v) is 3.81. The van der Waals surface area contributed by atoms with Crippen molar-refractivity contribution < 1.29 is 12.8 Å². The molecule has 0 rings (SSSR count). The molecular weight excluding hydrogens is 105 g/mol. The number of hydrogen-bond donors (Lipinski definition) is 0. The summed E-state index contributed by atoms with van der Waals surface area (Å²) in [5.74, 6) is 0. The van der Waals surface area contributed by atoms with Crippen molar-refractivity contribution in [2.24, 2.45) is 0 Å². The van der Waals surface area contributed by atoms with Crippen molar-refractivity contribution >= 4 is 15.5 Å². The summed E-state index contributed by atoms with van der Waals surface area (Å²) in [5.41, 5.74) is 0. The number of hydrogen-bond acceptors (Lipinski definition) is 4. The Balaban J connectivity index is 3.05. The van der Waals surface area contributed by atoms with Gasteiger partial charge < -0.3 is 0 Å². The van der Waals surface area contributed by atoms with E-state index in [1.807, 2.05) is 0 Å². The average Bonchev–Trinajstić information content (AvgIpc) is 1.35. The molecule has 0 atom stereocenters. The Hall–Kier alpha value is -0.468. The van der Waals surface area contributed by atoms with Gasteiger partial charge in [0.05, 0.1) is 0 Å². The summed E-state index contributed by atoms with van der Waals surface area (Å²) in [5, 5.41) is 7.91. The Morgan fingerprint density at radius 1 is 1.83 bits per heavy atom. The number of rotatable bonds is 2. The zero-order valence-electron chi connectivity index (χ0n) is 2.66. The Kier molecular flexibility index (Phi) is 2.54. The first-order valence-corrected chi connectivity index (χ1v) is 1.96. The Labute approximate surface area is 39.3 Å². The van der Waals surface area contributed by atoms with Crippen molar-refractivity contribution in [3.8, 4) is 0 Å². The van der Waals surface area contributed by atoms with E-state index < -0.39 is 20.6 Å². The van der Waals surface area contributed by atoms with Gasteiger partial charge in [0.25, 0.3) is 0 Å². The summed E-state index contributed by atoms with van der Waals surface area (Å²) in [6.07, 6.45) is 0. The van der Waals surface area contributed by atoms with Crippen molar-refractivity contribution in [1.29, 1.82) is 0 Å². The van der Waals surface area contributed by atoms with Crippen LogP contribution in [-0.2, 0) is 7.69 Å². The van der Waals surface area contributed by atoms with Gasteiger partial charge in [-0.1, -0.05) is 0 Å². The molecule has 6 heavy (non-hydrogen) atoms. The van der Waals surface area contributed by atoms with Crippen LogP contribution in [0.15, 0.2) is 0 Å². The van der Waals surface area contributed by atoms with E-state index in [0.717, 1.165) is 0 Å². The van der Waals surface area contributed by atoms with E-state index >= 15 is 0 Å². The second-order valence-electron chi connectivity index (χ2n) is 0.425. The van der Waals surface area contributed by atoms with Crippen molar-refractivity contribution in [1.82, 2.24) is 0 Å². The fraction of sp³-hybridized carbons (Fsp3) is 0. The van der Waals surface area contributed by atoms with Gasteiger partial charge in [-0.15, -0.1) is 0 Å². The van der Waals surface area contributed by atoms with E-state index in [1.54, 1.807) is 0 Å². The monoisotopic (exact) mass is 105 g/mol. The molecule has 0 aromatic rings. The second-order valence-corrected chi connectivity index (χ2v) is 0.829. The third-order valence-corrected chi connectivity index (χ3v) is 0.387. The summed E-state index contributed by atoms with van der Waals surface area (Å²) in [7, 11) is 0. The van der Waals surface area contributed by atoms with Crippen LogP contribution >= 0.6 is 0 Å². The van der Waals surface area contributed by atoms with Gasteiger partial charge >= 0.3 is 38.4 Å². The molecule has 0 saturated carbocycles. The van der Waals surface area contributed by atoms with Gasteiger partial charge in [-0.3, -0.25) is 0 Å². The molecule has 0 aromatic heterocycles. The molecule has 6 heteroatoms. The average molecular weight is 105 g/mol. The molecule has 0 aliphatic rings. The van der Waals surface area contributed by atoms with E-state index in [1.165, 1.54) is 0 Å². The van der Waals surface area contributed by atoms with Crippen molar-refractivity contribution in [3.05, 3.63) is 10.1 Å². The molecule has 0 amide bonds. The van der Waals surface area contributed by atoms with Gasteiger partial charge in [0.1, 0.15) is 0 Å². The molecule has 0 aliphatic carbocycles. The standard InChI is InChI=1S/Al.NO3.O/c;2-1(3)4;/q+1;-1;. The van der Waals surface area contributed by atoms with Crippen LogP contribution in [0.4, 0.5) is 0 Å². The van der Waals surface area contributed by atoms with Gasteiger partial charge in [0.2, 0.25) is 0 Å². The SMILES string of the molecule is [O]=[Al][O][N+](=O)[O-]. The molecule has 5 nitrogen and oxygen atoms in total. The molecule has 0 saturated heterocycles. The van der Waals surface area contributed by atoms with E-state index in [-0.39, 0.29) is 0 Å². The summed E-state index contributed by atoms with van der Waals surface area (Å²) in [6, 6.07) is 0. The Morgan fingerprint density at radius 2 is 2.33 bits per heavy atom. The second kappa shape index (κ2) is 2.75. The molecule has 0 spiro atoms. The van der Waals surface area contributed by atoms with Crippen LogP contribution in [0.3, 0.4) is 0 Å². The van der Waals surface area contributed by atoms with Crippen LogP contribution in [0.1, 0.15) is 0 Å². The molecule has 0 aromatic carbocycles. The molecule has 0 bridgehead atoms. The van der Waals surface area contributed by atoms with Gasteiger partial charge in [-0.25, -0.2) is 0 Å². The summed E-state index contributed by atoms with van der Waals surface area (Å²) in [4.78, 5) is 9.00. The summed E-state index contributed by atoms with van der Waals surface area (Å²) < 4.78 is 12.5. The molecule has 0 N–H and O–H groups in total. The van der Waals surface area contributed by atoms with Crippen molar-refractivity contribution in [2.45, 2.75) is 0 Å². The van der Waals surface area contributed by atoms with Crippen LogP contribution in [0.25, 0.3) is 0 Å². The predicted molar refractivity (Wildman–Crippen MR) is 14.5 cm³/mol. The molecule has 0 aliphatic heterocycles. The normalized spacial score (nSPS) is 6.00. The molecular formula is AlNO4. The third kappa shape index (κ3) is 3.53. The Bertz CT molecular complexity index is 67.9. The van der Waals surface area contributed by atoms with Gasteiger partial charge in [-0.2, -0.15) is 0 Å². The minimum absolute atomic E-state index is 1.09. The van der Waals surface area contributed by atoms with Crippen LogP contribution in [0, 0.1) is 10.1 Å². The molecule has 0 radical (unpaired) electrons. The zero-order chi connectivity index (χ0) is 4.99. The van der Waals surface area contributed by atoms with Gasteiger partial charge in [-0.05, 0) is 0 Å². The summed E-state index contributed by atoms with van der Waals surface area (Å²) in [6.45, 7) is 0. The third-order valence-electron chi connectivity index (χ3n) is 0.129. The predicted octanol–water partition coefficient (Wildman–Crippen LogP) is -0.841. The maximum absolute atomic E-state index is 9.16. The first-order valence-electron chi connectivity index (χ1n) is 1.02. The summed E-state index contributed by atoms with van der Waals surface area (Å²) >= 11 is -1.70. The van der Waals surface area contributed by atoms with E-state index in [4.69, 9.17) is 13.9 Å². The Morgan fingerprint density at radius 3 is 2.33 bits per heavy atom. The topological polar surface area (TPSA) is 69.4 Å². The van der Waals surface area contributed by atoms with Crippen LogP contribution < -0.4 is 0 Å². The maximum atomic E-state index is 9.16. The van der Waals surface area contributed by atoms with Crippen LogP contribution in [0.2, 0.25) is 0 Å². The molecule has 0 heterocycles.